The topological polar surface area (TPSA) is 38.7 Å². The summed E-state index contributed by atoms with van der Waals surface area (Å²) in [4.78, 5) is 14.0. The van der Waals surface area contributed by atoms with Gasteiger partial charge in [0.25, 0.3) is 0 Å². The van der Waals surface area contributed by atoms with Gasteiger partial charge in [0.05, 0.1) is 17.1 Å². The van der Waals surface area contributed by atoms with Crippen molar-refractivity contribution in [1.82, 2.24) is 15.0 Å². The molecule has 2 aliphatic rings. The molecule has 10 rings (SSSR count). The van der Waals surface area contributed by atoms with E-state index in [0.717, 1.165) is 109 Å². The first-order chi connectivity index (χ1) is 35.1. The Morgan fingerprint density at radius 1 is 0.522 bits per heavy atom. The van der Waals surface area contributed by atoms with Gasteiger partial charge in [0.1, 0.15) is 0 Å². The van der Waals surface area contributed by atoms with Crippen LogP contribution in [0.5, 0.6) is 0 Å². The summed E-state index contributed by atoms with van der Waals surface area (Å²) in [6.07, 6.45) is 17.6. The SMILES string of the molecule is [2H]C([2H])([2H])c1cnc(-c2ccc(C3(Cc4cc(CC(C)(C)c5ccc(-c6ccccn6)cc5)cc(CC(C)(C)c5ccc(-c6ccccn6)cc5)c4)CCCC3)cc2)cc1-c1cccc(C2([2H])CCCCC2)c1. The van der Waals surface area contributed by atoms with Gasteiger partial charge in [-0.1, -0.05) is 187 Å². The summed E-state index contributed by atoms with van der Waals surface area (Å²) in [5, 5.41) is 0. The molecule has 0 bridgehead atoms. The molecule has 0 spiro atoms. The number of aryl methyl sites for hydroxylation is 1. The van der Waals surface area contributed by atoms with Crippen LogP contribution in [-0.2, 0) is 35.5 Å². The Morgan fingerprint density at radius 2 is 1.07 bits per heavy atom. The lowest BCUT2D eigenvalue weighted by atomic mass is 9.72. The molecule has 2 fully saturated rings. The van der Waals surface area contributed by atoms with Gasteiger partial charge >= 0.3 is 0 Å². The van der Waals surface area contributed by atoms with Crippen LogP contribution in [0, 0.1) is 6.85 Å². The van der Waals surface area contributed by atoms with Crippen molar-refractivity contribution >= 4 is 0 Å². The molecule has 3 nitrogen and oxygen atoms in total. The predicted molar refractivity (Wildman–Crippen MR) is 289 cm³/mol. The molecule has 2 saturated carbocycles. The highest BCUT2D eigenvalue weighted by atomic mass is 14.7. The summed E-state index contributed by atoms with van der Waals surface area (Å²) >= 11 is 0. The van der Waals surface area contributed by atoms with Crippen molar-refractivity contribution in [2.75, 3.05) is 0 Å². The molecule has 0 unspecified atom stereocenters. The van der Waals surface area contributed by atoms with Crippen LogP contribution >= 0.6 is 0 Å². The summed E-state index contributed by atoms with van der Waals surface area (Å²) in [6, 6.07) is 56.6. The second kappa shape index (κ2) is 19.9. The zero-order chi connectivity index (χ0) is 50.9. The maximum Gasteiger partial charge on any atom is 0.0708 e. The van der Waals surface area contributed by atoms with E-state index in [1.54, 1.807) is 6.20 Å². The molecular weight excluding hydrogens is 835 g/mol. The Hall–Kier alpha value is -6.45. The van der Waals surface area contributed by atoms with Crippen molar-refractivity contribution < 1.29 is 5.48 Å². The van der Waals surface area contributed by atoms with E-state index in [0.29, 0.717) is 5.56 Å². The van der Waals surface area contributed by atoms with Crippen molar-refractivity contribution in [1.29, 1.82) is 0 Å². The standard InChI is InChI=1S/C66H69N3/c1-47-46-69-63(42-60(47)56-19-15-18-55(41-56)51-16-7-6-8-17-51)54-26-32-59(33-27-54)66(34-11-12-35-66)45-50-39-48(43-64(2,3)57-28-22-52(23-29-57)61-20-9-13-36-67-61)38-49(40-50)44-65(4,5)58-30-24-53(25-31-58)62-21-10-14-37-68-62/h9-10,13-15,18-33,36-42,46,51H,6-8,11-12,16-17,34-35,43-45H2,1-5H3/i1D3,51D. The van der Waals surface area contributed by atoms with E-state index in [2.05, 4.69) is 147 Å². The first kappa shape index (κ1) is 41.5. The van der Waals surface area contributed by atoms with Crippen LogP contribution in [-0.4, -0.2) is 15.0 Å². The Kier molecular flexibility index (Phi) is 12.0. The summed E-state index contributed by atoms with van der Waals surface area (Å²) in [5.41, 5.74) is 16.5. The lowest BCUT2D eigenvalue weighted by Gasteiger charge is -2.32. The number of nitrogens with zero attached hydrogens (tertiary/aromatic N) is 3. The fourth-order valence-electron chi connectivity index (χ4n) is 11.7. The Bertz CT molecular complexity index is 3030. The molecule has 8 aromatic rings. The van der Waals surface area contributed by atoms with E-state index < -0.39 is 12.7 Å². The molecule has 3 aromatic heterocycles. The lowest BCUT2D eigenvalue weighted by molar-refractivity contribution is 0.436. The molecule has 5 aromatic carbocycles. The quantitative estimate of drug-likeness (QED) is 0.109. The van der Waals surface area contributed by atoms with Gasteiger partial charge in [-0.2, -0.15) is 0 Å². The molecule has 0 atom stereocenters. The van der Waals surface area contributed by atoms with Crippen molar-refractivity contribution in [2.24, 2.45) is 0 Å². The highest BCUT2D eigenvalue weighted by molar-refractivity contribution is 5.73. The third kappa shape index (κ3) is 10.4. The molecule has 348 valence electrons. The van der Waals surface area contributed by atoms with Crippen LogP contribution in [0.4, 0.5) is 0 Å². The fraction of sp³-hybridized carbons (Fsp3) is 0.318. The summed E-state index contributed by atoms with van der Waals surface area (Å²) in [6.45, 7) is 7.16. The van der Waals surface area contributed by atoms with Crippen LogP contribution in [0.15, 0.2) is 176 Å². The Balaban J connectivity index is 0.962. The minimum absolute atomic E-state index is 0.0163. The van der Waals surface area contributed by atoms with Crippen LogP contribution in [0.25, 0.3) is 44.9 Å². The normalized spacial score (nSPS) is 16.8. The van der Waals surface area contributed by atoms with Crippen molar-refractivity contribution in [3.63, 3.8) is 0 Å². The second-order valence-corrected chi connectivity index (χ2v) is 21.5. The van der Waals surface area contributed by atoms with Gasteiger partial charge in [-0.25, -0.2) is 0 Å². The van der Waals surface area contributed by atoms with Crippen molar-refractivity contribution in [2.45, 2.75) is 134 Å². The third-order valence-corrected chi connectivity index (χ3v) is 15.5. The lowest BCUT2D eigenvalue weighted by Crippen LogP contribution is -2.26. The molecule has 0 amide bonds. The van der Waals surface area contributed by atoms with Crippen molar-refractivity contribution in [3.05, 3.63) is 221 Å². The molecule has 0 saturated heterocycles. The van der Waals surface area contributed by atoms with Crippen LogP contribution in [0.2, 0.25) is 0 Å². The van der Waals surface area contributed by atoms with Gasteiger partial charge in [-0.3, -0.25) is 15.0 Å². The number of rotatable bonds is 14. The van der Waals surface area contributed by atoms with Crippen LogP contribution < -0.4 is 0 Å². The van der Waals surface area contributed by atoms with Crippen LogP contribution in [0.3, 0.4) is 0 Å². The molecule has 0 radical (unpaired) electrons. The Labute approximate surface area is 418 Å². The summed E-state index contributed by atoms with van der Waals surface area (Å²) in [5.74, 6) is -0.644. The number of aromatic nitrogens is 3. The predicted octanol–water partition coefficient (Wildman–Crippen LogP) is 17.0. The van der Waals surface area contributed by atoms with E-state index in [4.69, 9.17) is 9.10 Å². The maximum absolute atomic E-state index is 9.34. The van der Waals surface area contributed by atoms with E-state index in [1.807, 2.05) is 60.9 Å². The average Bonchev–Trinajstić information content (AvgIpc) is 3.88. The van der Waals surface area contributed by atoms with Gasteiger partial charge in [0, 0.05) is 40.8 Å². The molecule has 3 heterocycles. The zero-order valence-corrected chi connectivity index (χ0v) is 41.1. The highest BCUT2D eigenvalue weighted by Crippen LogP contribution is 2.45. The monoisotopic (exact) mass is 908 g/mol. The van der Waals surface area contributed by atoms with E-state index >= 15 is 0 Å². The molecule has 2 aliphatic carbocycles. The van der Waals surface area contributed by atoms with Crippen molar-refractivity contribution in [3.8, 4) is 44.9 Å². The van der Waals surface area contributed by atoms with Gasteiger partial charge < -0.3 is 0 Å². The molecule has 0 N–H and O–H groups in total. The van der Waals surface area contributed by atoms with Gasteiger partial charge in [0.2, 0.25) is 0 Å². The fourth-order valence-corrected chi connectivity index (χ4v) is 11.7. The number of benzene rings is 5. The van der Waals surface area contributed by atoms with E-state index in [-0.39, 0.29) is 21.8 Å². The molecule has 3 heteroatoms. The minimum atomic E-state index is -2.33. The average molecular weight is 908 g/mol. The maximum atomic E-state index is 9.34. The first-order valence-corrected chi connectivity index (χ1v) is 25.4. The minimum Gasteiger partial charge on any atom is -0.256 e. The summed E-state index contributed by atoms with van der Waals surface area (Å²) in [7, 11) is 0. The van der Waals surface area contributed by atoms with E-state index in [1.165, 1.54) is 46.2 Å². The number of hydrogen-bond donors (Lipinski definition) is 0. The smallest absolute Gasteiger partial charge is 0.0708 e. The Morgan fingerprint density at radius 3 is 1.62 bits per heavy atom. The largest absolute Gasteiger partial charge is 0.256 e. The number of pyridine rings is 3. The third-order valence-electron chi connectivity index (χ3n) is 15.5. The zero-order valence-electron chi connectivity index (χ0n) is 45.1. The van der Waals surface area contributed by atoms with E-state index in [9.17, 15) is 1.37 Å². The second-order valence-electron chi connectivity index (χ2n) is 21.5. The van der Waals surface area contributed by atoms with Gasteiger partial charge in [-0.15, -0.1) is 0 Å². The molecule has 69 heavy (non-hydrogen) atoms. The number of hydrogen-bond acceptors (Lipinski definition) is 3. The molecule has 0 aliphatic heterocycles. The van der Waals surface area contributed by atoms with Gasteiger partial charge in [-0.05, 0) is 160 Å². The van der Waals surface area contributed by atoms with Crippen LogP contribution in [0.1, 0.15) is 141 Å². The highest BCUT2D eigenvalue weighted by Gasteiger charge is 2.36. The summed E-state index contributed by atoms with van der Waals surface area (Å²) < 4.78 is 34.8. The van der Waals surface area contributed by atoms with Gasteiger partial charge in [0.15, 0.2) is 0 Å². The molecular formula is C66H69N3. The first-order valence-electron chi connectivity index (χ1n) is 27.4.